The zero-order valence-corrected chi connectivity index (χ0v) is 9.91. The van der Waals surface area contributed by atoms with Crippen molar-refractivity contribution in [1.82, 2.24) is 15.8 Å². The molecule has 1 aromatic rings. The minimum absolute atomic E-state index is 0.162. The summed E-state index contributed by atoms with van der Waals surface area (Å²) in [7, 11) is 1.60. The number of hydroxylamine groups is 1. The van der Waals surface area contributed by atoms with Crippen molar-refractivity contribution in [3.05, 3.63) is 35.2 Å². The maximum atomic E-state index is 11.5. The second-order valence-electron chi connectivity index (χ2n) is 3.84. The van der Waals surface area contributed by atoms with E-state index in [1.54, 1.807) is 13.2 Å². The molecule has 0 unspecified atom stereocenters. The highest BCUT2D eigenvalue weighted by Gasteiger charge is 2.12. The standard InChI is InChI=1S/C12H15N3O2/c1-8-5-10(9-3-4-15-17-7-9)6-14-11(8)12(16)13-2/h3,5-6,15H,4,7H2,1-2H3,(H,13,16). The number of hydrogen-bond donors (Lipinski definition) is 2. The number of aryl methyl sites for hydroxylation is 1. The first-order valence-corrected chi connectivity index (χ1v) is 5.45. The Kier molecular flexibility index (Phi) is 3.51. The molecule has 0 saturated carbocycles. The van der Waals surface area contributed by atoms with Crippen LogP contribution in [-0.2, 0) is 4.84 Å². The van der Waals surface area contributed by atoms with Crippen molar-refractivity contribution >= 4 is 11.5 Å². The molecule has 17 heavy (non-hydrogen) atoms. The minimum Gasteiger partial charge on any atom is -0.354 e. The summed E-state index contributed by atoms with van der Waals surface area (Å²) >= 11 is 0. The Hall–Kier alpha value is -1.72. The first-order chi connectivity index (χ1) is 8.22. The van der Waals surface area contributed by atoms with Crippen molar-refractivity contribution in [1.29, 1.82) is 0 Å². The van der Waals surface area contributed by atoms with E-state index in [0.29, 0.717) is 18.8 Å². The van der Waals surface area contributed by atoms with Gasteiger partial charge < -0.3 is 5.32 Å². The van der Waals surface area contributed by atoms with Gasteiger partial charge in [0.05, 0.1) is 6.61 Å². The van der Waals surface area contributed by atoms with Crippen molar-refractivity contribution in [3.8, 4) is 0 Å². The number of aromatic nitrogens is 1. The molecule has 1 aliphatic rings. The van der Waals surface area contributed by atoms with E-state index in [-0.39, 0.29) is 5.91 Å². The third-order valence-electron chi connectivity index (χ3n) is 2.65. The summed E-state index contributed by atoms with van der Waals surface area (Å²) in [6.07, 6.45) is 3.76. The van der Waals surface area contributed by atoms with E-state index in [0.717, 1.165) is 16.7 Å². The van der Waals surface area contributed by atoms with Crippen LogP contribution in [0.4, 0.5) is 0 Å². The van der Waals surface area contributed by atoms with Crippen LogP contribution < -0.4 is 10.8 Å². The summed E-state index contributed by atoms with van der Waals surface area (Å²) in [5.74, 6) is -0.162. The number of amides is 1. The van der Waals surface area contributed by atoms with Crippen LogP contribution in [-0.4, -0.2) is 31.1 Å². The van der Waals surface area contributed by atoms with E-state index in [1.807, 2.05) is 13.0 Å². The second kappa shape index (κ2) is 5.07. The van der Waals surface area contributed by atoms with Gasteiger partial charge in [-0.2, -0.15) is 5.48 Å². The highest BCUT2D eigenvalue weighted by Crippen LogP contribution is 2.18. The predicted octanol–water partition coefficient (Wildman–Crippen LogP) is 0.668. The Labute approximate surface area is 99.8 Å². The Bertz CT molecular complexity index is 469. The van der Waals surface area contributed by atoms with Gasteiger partial charge in [0.15, 0.2) is 0 Å². The number of nitrogens with zero attached hydrogens (tertiary/aromatic N) is 1. The maximum absolute atomic E-state index is 11.5. The van der Waals surface area contributed by atoms with Crippen LogP contribution in [0.25, 0.3) is 5.57 Å². The zero-order valence-electron chi connectivity index (χ0n) is 9.91. The zero-order chi connectivity index (χ0) is 12.3. The van der Waals surface area contributed by atoms with Crippen molar-refractivity contribution in [2.24, 2.45) is 0 Å². The molecule has 0 atom stereocenters. The first-order valence-electron chi connectivity index (χ1n) is 5.45. The van der Waals surface area contributed by atoms with Crippen molar-refractivity contribution in [2.75, 3.05) is 20.2 Å². The van der Waals surface area contributed by atoms with E-state index >= 15 is 0 Å². The number of rotatable bonds is 2. The van der Waals surface area contributed by atoms with Gasteiger partial charge in [-0.3, -0.25) is 14.6 Å². The Morgan fingerprint density at radius 1 is 1.59 bits per heavy atom. The average molecular weight is 233 g/mol. The lowest BCUT2D eigenvalue weighted by Gasteiger charge is -2.15. The van der Waals surface area contributed by atoms with Gasteiger partial charge in [0.1, 0.15) is 5.69 Å². The lowest BCUT2D eigenvalue weighted by molar-refractivity contribution is 0.0678. The first kappa shape index (κ1) is 11.8. The van der Waals surface area contributed by atoms with Gasteiger partial charge in [0, 0.05) is 19.8 Å². The third kappa shape index (κ3) is 2.51. The van der Waals surface area contributed by atoms with Crippen LogP contribution in [0.5, 0.6) is 0 Å². The normalized spacial score (nSPS) is 15.3. The van der Waals surface area contributed by atoms with Gasteiger partial charge in [-0.05, 0) is 29.7 Å². The molecule has 5 heteroatoms. The fraction of sp³-hybridized carbons (Fsp3) is 0.333. The lowest BCUT2D eigenvalue weighted by atomic mass is 10.0. The Morgan fingerprint density at radius 2 is 2.41 bits per heavy atom. The molecule has 1 aromatic heterocycles. The summed E-state index contributed by atoms with van der Waals surface area (Å²) in [6.45, 7) is 3.08. The Balaban J connectivity index is 2.30. The molecule has 90 valence electrons. The van der Waals surface area contributed by atoms with E-state index in [4.69, 9.17) is 4.84 Å². The second-order valence-corrected chi connectivity index (χ2v) is 3.84. The minimum atomic E-state index is -0.162. The largest absolute Gasteiger partial charge is 0.354 e. The van der Waals surface area contributed by atoms with Crippen molar-refractivity contribution in [3.63, 3.8) is 0 Å². The smallest absolute Gasteiger partial charge is 0.269 e. The quantitative estimate of drug-likeness (QED) is 0.788. The molecule has 0 spiro atoms. The van der Waals surface area contributed by atoms with E-state index < -0.39 is 0 Å². The van der Waals surface area contributed by atoms with Crippen LogP contribution in [0.3, 0.4) is 0 Å². The van der Waals surface area contributed by atoms with Gasteiger partial charge in [-0.1, -0.05) is 6.08 Å². The summed E-state index contributed by atoms with van der Waals surface area (Å²) in [5, 5.41) is 2.57. The van der Waals surface area contributed by atoms with Gasteiger partial charge in [0.2, 0.25) is 0 Å². The number of pyridine rings is 1. The fourth-order valence-electron chi connectivity index (χ4n) is 1.72. The van der Waals surface area contributed by atoms with Gasteiger partial charge in [-0.15, -0.1) is 0 Å². The molecule has 0 radical (unpaired) electrons. The van der Waals surface area contributed by atoms with E-state index in [9.17, 15) is 4.79 Å². The van der Waals surface area contributed by atoms with E-state index in [2.05, 4.69) is 21.9 Å². The molecule has 5 nitrogen and oxygen atoms in total. The molecule has 0 saturated heterocycles. The molecule has 0 aromatic carbocycles. The molecule has 1 aliphatic heterocycles. The summed E-state index contributed by atoms with van der Waals surface area (Å²) in [6, 6.07) is 1.96. The summed E-state index contributed by atoms with van der Waals surface area (Å²) in [4.78, 5) is 20.8. The summed E-state index contributed by atoms with van der Waals surface area (Å²) in [5.41, 5.74) is 6.19. The highest BCUT2D eigenvalue weighted by atomic mass is 16.6. The topological polar surface area (TPSA) is 63.2 Å². The molecule has 0 bridgehead atoms. The molecule has 2 N–H and O–H groups in total. The highest BCUT2D eigenvalue weighted by molar-refractivity contribution is 5.93. The summed E-state index contributed by atoms with van der Waals surface area (Å²) < 4.78 is 0. The van der Waals surface area contributed by atoms with Gasteiger partial charge in [0.25, 0.3) is 5.91 Å². The molecular formula is C12H15N3O2. The van der Waals surface area contributed by atoms with Crippen LogP contribution >= 0.6 is 0 Å². The molecular weight excluding hydrogens is 218 g/mol. The lowest BCUT2D eigenvalue weighted by Crippen LogP contribution is -2.22. The SMILES string of the molecule is CNC(=O)c1ncc(C2=CCNOC2)cc1C. The van der Waals surface area contributed by atoms with Crippen molar-refractivity contribution < 1.29 is 9.63 Å². The fourth-order valence-corrected chi connectivity index (χ4v) is 1.72. The average Bonchev–Trinajstić information content (AvgIpc) is 2.39. The van der Waals surface area contributed by atoms with Crippen LogP contribution in [0.2, 0.25) is 0 Å². The number of nitrogens with one attached hydrogen (secondary N) is 2. The van der Waals surface area contributed by atoms with Crippen LogP contribution in [0.1, 0.15) is 21.6 Å². The Morgan fingerprint density at radius 3 is 3.00 bits per heavy atom. The molecule has 2 heterocycles. The predicted molar refractivity (Wildman–Crippen MR) is 64.3 cm³/mol. The molecule has 1 amide bonds. The van der Waals surface area contributed by atoms with Crippen molar-refractivity contribution in [2.45, 2.75) is 6.92 Å². The number of carbonyl (C=O) groups is 1. The molecule has 0 fully saturated rings. The van der Waals surface area contributed by atoms with Gasteiger partial charge >= 0.3 is 0 Å². The molecule has 2 rings (SSSR count). The monoisotopic (exact) mass is 233 g/mol. The number of hydrogen-bond acceptors (Lipinski definition) is 4. The maximum Gasteiger partial charge on any atom is 0.269 e. The van der Waals surface area contributed by atoms with E-state index in [1.165, 1.54) is 0 Å². The molecule has 0 aliphatic carbocycles. The van der Waals surface area contributed by atoms with Crippen LogP contribution in [0.15, 0.2) is 18.3 Å². The van der Waals surface area contributed by atoms with Crippen LogP contribution in [0, 0.1) is 6.92 Å². The third-order valence-corrected chi connectivity index (χ3v) is 2.65. The number of carbonyl (C=O) groups excluding carboxylic acids is 1. The van der Waals surface area contributed by atoms with Gasteiger partial charge in [-0.25, -0.2) is 0 Å².